The van der Waals surface area contributed by atoms with Crippen LogP contribution in [0.1, 0.15) is 140 Å². The van der Waals surface area contributed by atoms with Crippen LogP contribution in [0, 0.1) is 56.9 Å². The number of Topliss-reactive ketones (excluding diaryl/α,β-unsaturated/α-hetero) is 4. The predicted molar refractivity (Wildman–Crippen MR) is 473 cm³/mol. The number of anilines is 4. The molecule has 0 bridgehead atoms. The molecule has 0 N–H and O–H groups in total. The van der Waals surface area contributed by atoms with Gasteiger partial charge in [0.15, 0.2) is 23.1 Å². The maximum absolute atomic E-state index is 14.6. The summed E-state index contributed by atoms with van der Waals surface area (Å²) >= 11 is 0. The van der Waals surface area contributed by atoms with Gasteiger partial charge in [-0.2, -0.15) is 4.39 Å². The van der Waals surface area contributed by atoms with Crippen molar-refractivity contribution >= 4 is 70.3 Å². The number of carbonyl (C=O) groups is 8. The summed E-state index contributed by atoms with van der Waals surface area (Å²) in [6, 6.07) is 45.6. The van der Waals surface area contributed by atoms with Crippen molar-refractivity contribution in [3.63, 3.8) is 0 Å². The van der Waals surface area contributed by atoms with Crippen LogP contribution >= 0.6 is 0 Å². The molecule has 0 atom stereocenters. The molecule has 0 radical (unpaired) electrons. The molecule has 0 aliphatic carbocycles. The summed E-state index contributed by atoms with van der Waals surface area (Å²) < 4.78 is 95.9. The van der Waals surface area contributed by atoms with E-state index in [4.69, 9.17) is 23.7 Å². The molecule has 0 unspecified atom stereocenters. The van der Waals surface area contributed by atoms with E-state index in [1.54, 1.807) is 145 Å². The molecule has 4 amide bonds. The molecule has 25 nitrogen and oxygen atoms in total. The number of halogens is 5. The van der Waals surface area contributed by atoms with Gasteiger partial charge in [-0.1, -0.05) is 54.6 Å². The number of ether oxygens (including phenoxy) is 5. The van der Waals surface area contributed by atoms with E-state index in [2.05, 4.69) is 39.9 Å². The third kappa shape index (κ3) is 27.1. The fraction of sp³-hybridized carbons (Fsp3) is 0.258. The quantitative estimate of drug-likeness (QED) is 0.0182. The normalized spacial score (nSPS) is 10.6. The monoisotopic (exact) mass is 1730 g/mol. The highest BCUT2D eigenvalue weighted by Gasteiger charge is 2.24. The van der Waals surface area contributed by atoms with Gasteiger partial charge >= 0.3 is 24.4 Å². The number of methoxy groups -OCH3 is 1. The maximum Gasteiger partial charge on any atom is 0.414 e. The number of pyridine rings is 8. The number of amides is 4. The molecule has 8 heterocycles. The lowest BCUT2D eigenvalue weighted by molar-refractivity contribution is 0.0971. The van der Waals surface area contributed by atoms with E-state index >= 15 is 0 Å². The van der Waals surface area contributed by atoms with E-state index < -0.39 is 53.6 Å². The van der Waals surface area contributed by atoms with Gasteiger partial charge in [0.1, 0.15) is 29.0 Å². The zero-order valence-electron chi connectivity index (χ0n) is 72.7. The molecule has 0 fully saturated rings. The van der Waals surface area contributed by atoms with Crippen molar-refractivity contribution in [1.29, 1.82) is 0 Å². The van der Waals surface area contributed by atoms with Gasteiger partial charge in [-0.15, -0.1) is 0 Å². The number of aryl methyl sites for hydroxylation is 8. The summed E-state index contributed by atoms with van der Waals surface area (Å²) in [6.45, 7) is 15.0. The van der Waals surface area contributed by atoms with Gasteiger partial charge in [-0.25, -0.2) is 46.7 Å². The number of ketones is 4. The van der Waals surface area contributed by atoms with Crippen LogP contribution in [0.3, 0.4) is 0 Å². The van der Waals surface area contributed by atoms with Crippen molar-refractivity contribution in [3.05, 3.63) is 304 Å². The second kappa shape index (κ2) is 46.7. The van der Waals surface area contributed by atoms with Crippen LogP contribution < -0.4 is 24.3 Å². The van der Waals surface area contributed by atoms with Crippen molar-refractivity contribution in [2.45, 2.75) is 107 Å². The predicted octanol–water partition coefficient (Wildman–Crippen LogP) is 20.1. The molecule has 30 heteroatoms. The standard InChI is InChI=1S/C25H26FN3O3.C24H23F2N3O3.C24H24FN3O4.C24H24FN3O3/c1-5-32-25(31)29(4)23-12-9-19(14-21(23)26)22-11-8-20(15-27-22)24(30)13-10-18-7-6-16(2)28-17(18)3;1-4-32-24(31)29(3)21-10-6-17(13-19(21)25)20-9-5-18(14-27-20)22(30)11-7-16-8-12-23(26)28-15(16)2;1-4-32-24(30)28(2)21-10-8-17(13-19(21)25)20-9-7-18(15-26-20)22(29)11-5-16-6-12-23(31-3)27-14-16;1-4-31-24(30)28(3)22-11-9-18(13-20(22)25)19-8-10-21(27-15-19)23(29)12-7-17-6-5-16(2)26-14-17/h6-9,11-12,14-15H,5,10,13H2,1-4H3;5-6,8-10,12-14H,4,7,11H2,1-3H3;6-10,12-15H,4-5,11H2,1-3H3;5-6,8-11,13-15H,4,7,12H2,1-3H3. The molecule has 127 heavy (non-hydrogen) atoms. The molecule has 0 aliphatic rings. The highest BCUT2D eigenvalue weighted by atomic mass is 19.1. The minimum atomic E-state index is -0.647. The Morgan fingerprint density at radius 3 is 1.01 bits per heavy atom. The number of benzene rings is 4. The molecule has 0 spiro atoms. The Morgan fingerprint density at radius 1 is 0.323 bits per heavy atom. The molecule has 658 valence electrons. The maximum atomic E-state index is 14.6. The summed E-state index contributed by atoms with van der Waals surface area (Å²) in [7, 11) is 7.31. The van der Waals surface area contributed by atoms with Crippen molar-refractivity contribution in [3.8, 4) is 50.8 Å². The zero-order chi connectivity index (χ0) is 92.0. The van der Waals surface area contributed by atoms with E-state index in [0.29, 0.717) is 124 Å². The lowest BCUT2D eigenvalue weighted by Crippen LogP contribution is -2.27. The van der Waals surface area contributed by atoms with E-state index in [9.17, 15) is 60.3 Å². The number of aromatic nitrogens is 8. The molecule has 0 saturated carbocycles. The fourth-order valence-electron chi connectivity index (χ4n) is 12.7. The molecule has 12 aromatic rings. The minimum Gasteiger partial charge on any atom is -0.481 e. The van der Waals surface area contributed by atoms with Crippen molar-refractivity contribution in [2.24, 2.45) is 0 Å². The van der Waals surface area contributed by atoms with Crippen molar-refractivity contribution in [1.82, 2.24) is 39.9 Å². The fourth-order valence-corrected chi connectivity index (χ4v) is 12.7. The van der Waals surface area contributed by atoms with Crippen molar-refractivity contribution < 1.29 is 84.0 Å². The topological polar surface area (TPSA) is 299 Å². The first kappa shape index (κ1) is 96.1. The lowest BCUT2D eigenvalue weighted by Gasteiger charge is -2.17. The van der Waals surface area contributed by atoms with Crippen LogP contribution in [0.2, 0.25) is 0 Å². The first-order chi connectivity index (χ1) is 60.9. The van der Waals surface area contributed by atoms with Crippen LogP contribution in [0.15, 0.2) is 207 Å². The molecular weight excluding hydrogens is 1640 g/mol. The van der Waals surface area contributed by atoms with Gasteiger partial charge < -0.3 is 23.7 Å². The summed E-state index contributed by atoms with van der Waals surface area (Å²) in [4.78, 5) is 135. The summed E-state index contributed by atoms with van der Waals surface area (Å²) in [6.07, 6.45) is 10.4. The Balaban J connectivity index is 0.000000191. The van der Waals surface area contributed by atoms with E-state index in [1.165, 1.54) is 101 Å². The van der Waals surface area contributed by atoms with Gasteiger partial charge in [0.05, 0.1) is 73.4 Å². The van der Waals surface area contributed by atoms with Crippen molar-refractivity contribution in [2.75, 3.05) is 81.3 Å². The van der Waals surface area contributed by atoms with Gasteiger partial charge in [0, 0.05) is 159 Å². The molecule has 4 aromatic carbocycles. The van der Waals surface area contributed by atoms with Crippen LogP contribution in [-0.4, -0.2) is 149 Å². The first-order valence-electron chi connectivity index (χ1n) is 40.7. The van der Waals surface area contributed by atoms with Crippen LogP contribution in [0.25, 0.3) is 44.9 Å². The van der Waals surface area contributed by atoms with Gasteiger partial charge in [-0.05, 0) is 218 Å². The van der Waals surface area contributed by atoms with E-state index in [1.807, 2.05) is 51.1 Å². The highest BCUT2D eigenvalue weighted by molar-refractivity contribution is 5.98. The largest absolute Gasteiger partial charge is 0.481 e. The van der Waals surface area contributed by atoms with Gasteiger partial charge in [0.25, 0.3) is 0 Å². The zero-order valence-corrected chi connectivity index (χ0v) is 72.7. The van der Waals surface area contributed by atoms with Crippen LogP contribution in [-0.2, 0) is 44.6 Å². The van der Waals surface area contributed by atoms with Gasteiger partial charge in [-0.3, -0.25) is 68.7 Å². The number of nitrogens with zero attached hydrogens (tertiary/aromatic N) is 12. The third-order valence-corrected chi connectivity index (χ3v) is 19.9. The number of hydrogen-bond acceptors (Lipinski definition) is 21. The summed E-state index contributed by atoms with van der Waals surface area (Å²) in [5.41, 5.74) is 13.8. The smallest absolute Gasteiger partial charge is 0.414 e. The Kier molecular flexibility index (Phi) is 35.3. The van der Waals surface area contributed by atoms with E-state index in [0.717, 1.165) is 58.9 Å². The van der Waals surface area contributed by atoms with Gasteiger partial charge in [0.2, 0.25) is 11.8 Å². The van der Waals surface area contributed by atoms with Crippen LogP contribution in [0.5, 0.6) is 5.88 Å². The molecule has 12 rings (SSSR count). The average molecular weight is 1730 g/mol. The molecule has 0 aliphatic heterocycles. The number of carbonyl (C=O) groups excluding carboxylic acids is 8. The second-order valence-corrected chi connectivity index (χ2v) is 28.7. The highest BCUT2D eigenvalue weighted by Crippen LogP contribution is 2.32. The Hall–Kier alpha value is -14.7. The Bertz CT molecular complexity index is 5660. The second-order valence-electron chi connectivity index (χ2n) is 28.7. The summed E-state index contributed by atoms with van der Waals surface area (Å²) in [5.74, 6) is -2.54. The molecule has 0 saturated heterocycles. The van der Waals surface area contributed by atoms with Crippen LogP contribution in [0.4, 0.5) is 63.9 Å². The Morgan fingerprint density at radius 2 is 0.677 bits per heavy atom. The Labute approximate surface area is 733 Å². The molecule has 8 aromatic heterocycles. The van der Waals surface area contributed by atoms with E-state index in [-0.39, 0.29) is 78.7 Å². The third-order valence-electron chi connectivity index (χ3n) is 19.9. The number of hydrogen-bond donors (Lipinski definition) is 0. The first-order valence-corrected chi connectivity index (χ1v) is 40.7. The summed E-state index contributed by atoms with van der Waals surface area (Å²) in [5, 5.41) is 0. The SMILES string of the molecule is CCOC(=O)N(C)c1ccc(-c2ccc(C(=O)CCc3ccc(C)nc3)nc2)cc1F.CCOC(=O)N(C)c1ccc(-c2ccc(C(=O)CCc3ccc(C)nc3C)cn2)cc1F.CCOC(=O)N(C)c1ccc(-c2ccc(C(=O)CCc3ccc(F)nc3C)cn2)cc1F.CCOC(=O)N(C)c1ccc(-c2ccc(C(=O)CCc3ccc(OC)nc3)cn2)cc1F. The lowest BCUT2D eigenvalue weighted by atomic mass is 10.0. The minimum absolute atomic E-state index is 0.0124. The molecular formula is C97H97F5N12O13. The number of rotatable bonds is 29. The average Bonchev–Trinajstić information content (AvgIpc) is 0.830.